The van der Waals surface area contributed by atoms with Crippen molar-refractivity contribution in [3.8, 4) is 0 Å². The Labute approximate surface area is 121 Å². The summed E-state index contributed by atoms with van der Waals surface area (Å²) in [5.74, 6) is 0.330. The zero-order valence-electron chi connectivity index (χ0n) is 11.4. The summed E-state index contributed by atoms with van der Waals surface area (Å²) in [6, 6.07) is 9.68. The van der Waals surface area contributed by atoms with Crippen LogP contribution >= 0.6 is 0 Å². The maximum atomic E-state index is 12.7. The summed E-state index contributed by atoms with van der Waals surface area (Å²) in [6.07, 6.45) is 2.71. The molecule has 0 radical (unpaired) electrons. The summed E-state index contributed by atoms with van der Waals surface area (Å²) >= 11 is 0. The van der Waals surface area contributed by atoms with E-state index < -0.39 is 0 Å². The van der Waals surface area contributed by atoms with Crippen molar-refractivity contribution in [2.45, 2.75) is 12.3 Å². The van der Waals surface area contributed by atoms with Crippen LogP contribution in [-0.2, 0) is 0 Å². The van der Waals surface area contributed by atoms with Crippen LogP contribution in [-0.4, -0.2) is 44.3 Å². The lowest BCUT2D eigenvalue weighted by molar-refractivity contribution is 0.0786. The van der Waals surface area contributed by atoms with Crippen molar-refractivity contribution < 1.29 is 4.79 Å². The molecule has 0 aliphatic carbocycles. The highest BCUT2D eigenvalue weighted by atomic mass is 16.2. The molecule has 2 aromatic heterocycles. The van der Waals surface area contributed by atoms with Crippen molar-refractivity contribution in [1.29, 1.82) is 0 Å². The minimum absolute atomic E-state index is 0.00512. The average Bonchev–Trinajstić information content (AvgIpc) is 3.25. The van der Waals surface area contributed by atoms with Crippen LogP contribution in [0.2, 0.25) is 0 Å². The topological polar surface area (TPSA) is 77.7 Å². The molecule has 1 aliphatic heterocycles. The molecule has 21 heavy (non-hydrogen) atoms. The second-order valence-electron chi connectivity index (χ2n) is 5.37. The molecule has 6 nitrogen and oxygen atoms in total. The van der Waals surface area contributed by atoms with E-state index in [1.54, 1.807) is 6.20 Å². The Bertz CT molecular complexity index is 776. The van der Waals surface area contributed by atoms with Crippen LogP contribution < -0.4 is 0 Å². The molecule has 6 heteroatoms. The number of benzene rings is 1. The average molecular weight is 281 g/mol. The van der Waals surface area contributed by atoms with Crippen LogP contribution in [0.1, 0.15) is 28.5 Å². The normalized spacial score (nSPS) is 18.5. The summed E-state index contributed by atoms with van der Waals surface area (Å²) in [5, 5.41) is 15.0. The number of nitrogens with one attached hydrogen (secondary N) is 2. The van der Waals surface area contributed by atoms with Gasteiger partial charge in [-0.15, -0.1) is 0 Å². The number of nitrogens with zero attached hydrogens (tertiary/aromatic N) is 3. The van der Waals surface area contributed by atoms with Gasteiger partial charge in [-0.25, -0.2) is 0 Å². The zero-order chi connectivity index (χ0) is 14.2. The second kappa shape index (κ2) is 4.73. The molecule has 106 valence electrons. The van der Waals surface area contributed by atoms with Crippen LogP contribution in [0.4, 0.5) is 0 Å². The molecule has 3 aromatic rings. The smallest absolute Gasteiger partial charge is 0.275 e. The Morgan fingerprint density at radius 2 is 2.14 bits per heavy atom. The third kappa shape index (κ3) is 1.99. The third-order valence-corrected chi connectivity index (χ3v) is 4.11. The van der Waals surface area contributed by atoms with Crippen LogP contribution in [0, 0.1) is 0 Å². The zero-order valence-corrected chi connectivity index (χ0v) is 11.4. The monoisotopic (exact) mass is 281 g/mol. The maximum absolute atomic E-state index is 12.7. The SMILES string of the molecule is O=C(c1n[nH]c2ccccc12)N1CC[C@@H](c2ccn[nH]2)C1. The fourth-order valence-corrected chi connectivity index (χ4v) is 2.97. The van der Waals surface area contributed by atoms with Gasteiger partial charge in [0.1, 0.15) is 0 Å². The molecule has 0 bridgehead atoms. The number of para-hydroxylation sites is 1. The first-order valence-corrected chi connectivity index (χ1v) is 7.04. The van der Waals surface area contributed by atoms with Gasteiger partial charge in [-0.1, -0.05) is 18.2 Å². The van der Waals surface area contributed by atoms with Crippen LogP contribution in [0.25, 0.3) is 10.9 Å². The molecule has 0 unspecified atom stereocenters. The van der Waals surface area contributed by atoms with E-state index in [-0.39, 0.29) is 5.91 Å². The van der Waals surface area contributed by atoms with E-state index >= 15 is 0 Å². The first-order chi connectivity index (χ1) is 10.3. The van der Waals surface area contributed by atoms with Crippen LogP contribution in [0.3, 0.4) is 0 Å². The molecule has 0 spiro atoms. The second-order valence-corrected chi connectivity index (χ2v) is 5.37. The molecule has 1 atom stereocenters. The Morgan fingerprint density at radius 3 is 3.00 bits per heavy atom. The van der Waals surface area contributed by atoms with E-state index in [9.17, 15) is 4.79 Å². The maximum Gasteiger partial charge on any atom is 0.275 e. The number of hydrogen-bond donors (Lipinski definition) is 2. The van der Waals surface area contributed by atoms with Gasteiger partial charge in [-0.2, -0.15) is 10.2 Å². The standard InChI is InChI=1S/C15H15N5O/c21-15(14-11-3-1-2-4-13(11)18-19-14)20-8-6-10(9-20)12-5-7-16-17-12/h1-5,7,10H,6,8-9H2,(H,16,17)(H,18,19)/t10-/m1/s1. The summed E-state index contributed by atoms with van der Waals surface area (Å²) in [7, 11) is 0. The van der Waals surface area contributed by atoms with Gasteiger partial charge < -0.3 is 4.90 Å². The minimum atomic E-state index is -0.00512. The number of aromatic nitrogens is 4. The largest absolute Gasteiger partial charge is 0.337 e. The van der Waals surface area contributed by atoms with Crippen molar-refractivity contribution in [3.63, 3.8) is 0 Å². The van der Waals surface area contributed by atoms with Gasteiger partial charge in [0, 0.05) is 36.3 Å². The number of H-pyrrole nitrogens is 2. The Hall–Kier alpha value is -2.63. The van der Waals surface area contributed by atoms with E-state index in [0.717, 1.165) is 29.6 Å². The predicted molar refractivity (Wildman–Crippen MR) is 77.9 cm³/mol. The molecule has 0 saturated carbocycles. The molecule has 1 aliphatic rings. The third-order valence-electron chi connectivity index (χ3n) is 4.11. The lowest BCUT2D eigenvalue weighted by atomic mass is 10.1. The first-order valence-electron chi connectivity index (χ1n) is 7.04. The summed E-state index contributed by atoms with van der Waals surface area (Å²) in [5.41, 5.74) is 2.50. The van der Waals surface area contributed by atoms with E-state index in [4.69, 9.17) is 0 Å². The molecule has 1 fully saturated rings. The first kappa shape index (κ1) is 12.1. The number of aromatic amines is 2. The molecule has 3 heterocycles. The molecule has 2 N–H and O–H groups in total. The Kier molecular flexibility index (Phi) is 2.73. The van der Waals surface area contributed by atoms with Gasteiger partial charge in [-0.05, 0) is 18.6 Å². The van der Waals surface area contributed by atoms with Gasteiger partial charge in [0.05, 0.1) is 5.52 Å². The number of likely N-dealkylation sites (tertiary alicyclic amines) is 1. The van der Waals surface area contributed by atoms with E-state index in [1.807, 2.05) is 35.2 Å². The lowest BCUT2D eigenvalue weighted by Crippen LogP contribution is -2.29. The highest BCUT2D eigenvalue weighted by Crippen LogP contribution is 2.27. The van der Waals surface area contributed by atoms with Crippen molar-refractivity contribution in [2.75, 3.05) is 13.1 Å². The van der Waals surface area contributed by atoms with Crippen molar-refractivity contribution >= 4 is 16.8 Å². The number of rotatable bonds is 2. The number of hydrogen-bond acceptors (Lipinski definition) is 3. The quantitative estimate of drug-likeness (QED) is 0.753. The summed E-state index contributed by atoms with van der Waals surface area (Å²) < 4.78 is 0. The molecule has 4 rings (SSSR count). The molecular weight excluding hydrogens is 266 g/mol. The van der Waals surface area contributed by atoms with Gasteiger partial charge in [-0.3, -0.25) is 15.0 Å². The van der Waals surface area contributed by atoms with Gasteiger partial charge >= 0.3 is 0 Å². The van der Waals surface area contributed by atoms with Gasteiger partial charge in [0.15, 0.2) is 5.69 Å². The lowest BCUT2D eigenvalue weighted by Gasteiger charge is -2.14. The van der Waals surface area contributed by atoms with E-state index in [0.29, 0.717) is 18.2 Å². The number of fused-ring (bicyclic) bond motifs is 1. The highest BCUT2D eigenvalue weighted by Gasteiger charge is 2.30. The molecule has 1 amide bonds. The van der Waals surface area contributed by atoms with E-state index in [1.165, 1.54) is 0 Å². The van der Waals surface area contributed by atoms with Crippen molar-refractivity contribution in [3.05, 3.63) is 47.9 Å². The predicted octanol–water partition coefficient (Wildman–Crippen LogP) is 1.92. The molecular formula is C15H15N5O. The number of carbonyl (C=O) groups is 1. The van der Waals surface area contributed by atoms with Crippen LogP contribution in [0.5, 0.6) is 0 Å². The molecule has 1 aromatic carbocycles. The fraction of sp³-hybridized carbons (Fsp3) is 0.267. The Balaban J connectivity index is 1.58. The van der Waals surface area contributed by atoms with Crippen molar-refractivity contribution in [1.82, 2.24) is 25.3 Å². The van der Waals surface area contributed by atoms with Gasteiger partial charge in [0.25, 0.3) is 5.91 Å². The number of carbonyl (C=O) groups excluding carboxylic acids is 1. The summed E-state index contributed by atoms with van der Waals surface area (Å²) in [4.78, 5) is 14.5. The van der Waals surface area contributed by atoms with E-state index in [2.05, 4.69) is 20.4 Å². The van der Waals surface area contributed by atoms with Crippen molar-refractivity contribution in [2.24, 2.45) is 0 Å². The molecule has 1 saturated heterocycles. The highest BCUT2D eigenvalue weighted by molar-refractivity contribution is 6.04. The fourth-order valence-electron chi connectivity index (χ4n) is 2.97. The van der Waals surface area contributed by atoms with Gasteiger partial charge in [0.2, 0.25) is 0 Å². The minimum Gasteiger partial charge on any atom is -0.337 e. The van der Waals surface area contributed by atoms with Crippen LogP contribution in [0.15, 0.2) is 36.5 Å². The Morgan fingerprint density at radius 1 is 1.24 bits per heavy atom. The summed E-state index contributed by atoms with van der Waals surface area (Å²) in [6.45, 7) is 1.46. The number of amides is 1.